The SMILES string of the molecule is CCCCCCC/C=C\C/C=C\CCCCCCCCCCCCCCCCCCCCCC(=O)NC(COC1OC(CO)C(OC2OC(CO)C(O)C(O)C2O)C(O)C1O)C(O)/C=C/CC/C=C/CC/C=C/CCCCCCCCCCCCCCCC. The molecule has 14 heteroatoms. The van der Waals surface area contributed by atoms with E-state index in [0.717, 1.165) is 51.4 Å². The lowest BCUT2D eigenvalue weighted by atomic mass is 9.97. The summed E-state index contributed by atoms with van der Waals surface area (Å²) in [6, 6.07) is -0.940. The summed E-state index contributed by atoms with van der Waals surface area (Å²) in [5.41, 5.74) is 0. The number of allylic oxidation sites excluding steroid dienone is 9. The quantitative estimate of drug-likeness (QED) is 0.0204. The minimum absolute atomic E-state index is 0.249. The van der Waals surface area contributed by atoms with Crippen LogP contribution in [-0.2, 0) is 23.7 Å². The summed E-state index contributed by atoms with van der Waals surface area (Å²) in [6.07, 6.45) is 62.9. The van der Waals surface area contributed by atoms with E-state index >= 15 is 0 Å². The number of aliphatic hydroxyl groups is 8. The van der Waals surface area contributed by atoms with E-state index in [0.29, 0.717) is 12.8 Å². The standard InChI is InChI=1S/C75H137NO13/c1-3-5-7-9-11-13-15-17-19-21-23-25-27-29-30-31-32-33-34-35-37-39-41-43-45-47-49-51-53-55-57-59-67(80)76-63(62-86-74-72(85)70(83)73(66(61-78)88-74)89-75-71(84)69(82)68(81)65(60-77)87-75)64(79)58-56-54-52-50-48-46-44-42-40-38-36-28-26-24-22-20-18-16-14-12-10-8-6-4-2/h15,17,21,23,40,42,48,50,56,58,63-66,68-75,77-79,81-85H,3-14,16,18-20,22,24-39,41,43-47,49,51-55,57,59-62H2,1-2H3,(H,76,80)/b17-15-,23-21-,42-40+,50-48+,58-56+. The molecule has 0 bridgehead atoms. The third kappa shape index (κ3) is 43.3. The van der Waals surface area contributed by atoms with Crippen molar-refractivity contribution in [2.75, 3.05) is 19.8 Å². The van der Waals surface area contributed by atoms with Crippen molar-refractivity contribution in [3.8, 4) is 0 Å². The number of rotatable bonds is 61. The molecular weight excluding hydrogens is 1120 g/mol. The molecule has 2 aliphatic heterocycles. The van der Waals surface area contributed by atoms with E-state index in [-0.39, 0.29) is 18.9 Å². The summed E-state index contributed by atoms with van der Waals surface area (Å²) in [4.78, 5) is 13.3. The van der Waals surface area contributed by atoms with Crippen LogP contribution in [0.25, 0.3) is 0 Å². The van der Waals surface area contributed by atoms with E-state index in [1.807, 2.05) is 6.08 Å². The van der Waals surface area contributed by atoms with Gasteiger partial charge in [0, 0.05) is 6.42 Å². The van der Waals surface area contributed by atoms with Crippen LogP contribution >= 0.6 is 0 Å². The highest BCUT2D eigenvalue weighted by molar-refractivity contribution is 5.76. The number of ether oxygens (including phenoxy) is 4. The Morgan fingerprint density at radius 3 is 1.17 bits per heavy atom. The van der Waals surface area contributed by atoms with Crippen LogP contribution in [0.5, 0.6) is 0 Å². The molecular formula is C75H137NO13. The Hall–Kier alpha value is -2.31. The summed E-state index contributed by atoms with van der Waals surface area (Å²) < 4.78 is 22.9. The second kappa shape index (κ2) is 59.4. The number of unbranched alkanes of at least 4 members (excludes halogenated alkanes) is 40. The van der Waals surface area contributed by atoms with Gasteiger partial charge in [-0.3, -0.25) is 4.79 Å². The molecule has 2 aliphatic rings. The molecule has 2 heterocycles. The maximum atomic E-state index is 13.3. The molecule has 2 fully saturated rings. The molecule has 9 N–H and O–H groups in total. The van der Waals surface area contributed by atoms with Crippen LogP contribution in [0.4, 0.5) is 0 Å². The molecule has 0 aromatic heterocycles. The van der Waals surface area contributed by atoms with Crippen LogP contribution in [0.1, 0.15) is 316 Å². The van der Waals surface area contributed by atoms with Crippen molar-refractivity contribution >= 4 is 5.91 Å². The van der Waals surface area contributed by atoms with Crippen molar-refractivity contribution in [1.29, 1.82) is 0 Å². The molecule has 0 saturated carbocycles. The smallest absolute Gasteiger partial charge is 0.220 e. The van der Waals surface area contributed by atoms with E-state index in [1.54, 1.807) is 6.08 Å². The van der Waals surface area contributed by atoms with Gasteiger partial charge in [0.25, 0.3) is 0 Å². The second-order valence-electron chi connectivity index (χ2n) is 26.1. The molecule has 2 rings (SSSR count). The largest absolute Gasteiger partial charge is 0.394 e. The van der Waals surface area contributed by atoms with Crippen molar-refractivity contribution in [1.82, 2.24) is 5.32 Å². The normalized spacial score (nSPS) is 23.3. The first-order valence-corrected chi connectivity index (χ1v) is 37.0. The number of aliphatic hydroxyl groups excluding tert-OH is 8. The Bertz CT molecular complexity index is 1720. The maximum Gasteiger partial charge on any atom is 0.220 e. The van der Waals surface area contributed by atoms with Crippen LogP contribution in [-0.4, -0.2) is 140 Å². The lowest BCUT2D eigenvalue weighted by Gasteiger charge is -2.46. The van der Waals surface area contributed by atoms with Crippen molar-refractivity contribution in [2.45, 2.75) is 389 Å². The number of nitrogens with one attached hydrogen (secondary N) is 1. The lowest BCUT2D eigenvalue weighted by molar-refractivity contribution is -0.359. The van der Waals surface area contributed by atoms with Gasteiger partial charge in [-0.25, -0.2) is 0 Å². The van der Waals surface area contributed by atoms with Gasteiger partial charge in [-0.15, -0.1) is 0 Å². The average Bonchev–Trinajstić information content (AvgIpc) is 2.53. The van der Waals surface area contributed by atoms with Gasteiger partial charge in [-0.05, 0) is 77.0 Å². The fraction of sp³-hybridized carbons (Fsp3) is 0.853. The van der Waals surface area contributed by atoms with E-state index < -0.39 is 86.8 Å². The highest BCUT2D eigenvalue weighted by Crippen LogP contribution is 2.30. The van der Waals surface area contributed by atoms with Gasteiger partial charge in [0.15, 0.2) is 12.6 Å². The fourth-order valence-corrected chi connectivity index (χ4v) is 12.0. The van der Waals surface area contributed by atoms with E-state index in [4.69, 9.17) is 18.9 Å². The van der Waals surface area contributed by atoms with Crippen LogP contribution in [0.2, 0.25) is 0 Å². The maximum absolute atomic E-state index is 13.3. The minimum atomic E-state index is -1.79. The number of carbonyl (C=O) groups excluding carboxylic acids is 1. The molecule has 89 heavy (non-hydrogen) atoms. The fourth-order valence-electron chi connectivity index (χ4n) is 12.0. The molecule has 1 amide bonds. The van der Waals surface area contributed by atoms with Gasteiger partial charge in [0.05, 0.1) is 32.0 Å². The first-order chi connectivity index (χ1) is 43.6. The lowest BCUT2D eigenvalue weighted by Crippen LogP contribution is -2.65. The molecule has 12 atom stereocenters. The first-order valence-electron chi connectivity index (χ1n) is 37.0. The van der Waals surface area contributed by atoms with Gasteiger partial charge in [-0.2, -0.15) is 0 Å². The van der Waals surface area contributed by atoms with Gasteiger partial charge < -0.3 is 65.1 Å². The molecule has 0 radical (unpaired) electrons. The summed E-state index contributed by atoms with van der Waals surface area (Å²) in [7, 11) is 0. The summed E-state index contributed by atoms with van der Waals surface area (Å²) in [5, 5.41) is 87.5. The monoisotopic (exact) mass is 1260 g/mol. The molecule has 0 aromatic rings. The first kappa shape index (κ1) is 82.8. The number of amides is 1. The number of hydrogen-bond donors (Lipinski definition) is 9. The minimum Gasteiger partial charge on any atom is -0.394 e. The number of hydrogen-bond acceptors (Lipinski definition) is 13. The van der Waals surface area contributed by atoms with Gasteiger partial charge in [0.2, 0.25) is 5.91 Å². The molecule has 14 nitrogen and oxygen atoms in total. The van der Waals surface area contributed by atoms with Crippen molar-refractivity contribution in [3.63, 3.8) is 0 Å². The zero-order chi connectivity index (χ0) is 64.5. The van der Waals surface area contributed by atoms with Crippen LogP contribution in [0, 0.1) is 0 Å². The molecule has 520 valence electrons. The Morgan fingerprint density at radius 2 is 0.753 bits per heavy atom. The molecule has 2 saturated heterocycles. The molecule has 0 spiro atoms. The zero-order valence-electron chi connectivity index (χ0n) is 56.7. The van der Waals surface area contributed by atoms with Crippen LogP contribution < -0.4 is 5.32 Å². The summed E-state index contributed by atoms with van der Waals surface area (Å²) in [6.45, 7) is 2.80. The second-order valence-corrected chi connectivity index (χ2v) is 26.1. The zero-order valence-corrected chi connectivity index (χ0v) is 56.7. The third-order valence-electron chi connectivity index (χ3n) is 17.9. The van der Waals surface area contributed by atoms with Gasteiger partial charge in [-0.1, -0.05) is 293 Å². The van der Waals surface area contributed by atoms with Crippen molar-refractivity contribution in [3.05, 3.63) is 60.8 Å². The van der Waals surface area contributed by atoms with Crippen molar-refractivity contribution in [2.24, 2.45) is 0 Å². The average molecular weight is 1260 g/mol. The summed E-state index contributed by atoms with van der Waals surface area (Å²) in [5.74, 6) is -0.249. The van der Waals surface area contributed by atoms with E-state index in [2.05, 4.69) is 67.8 Å². The molecule has 12 unspecified atom stereocenters. The Balaban J connectivity index is 1.67. The van der Waals surface area contributed by atoms with E-state index in [1.165, 1.54) is 231 Å². The van der Waals surface area contributed by atoms with E-state index in [9.17, 15) is 45.6 Å². The highest BCUT2D eigenvalue weighted by atomic mass is 16.7. The van der Waals surface area contributed by atoms with Crippen LogP contribution in [0.3, 0.4) is 0 Å². The van der Waals surface area contributed by atoms with Gasteiger partial charge in [0.1, 0.15) is 48.8 Å². The predicted octanol–water partition coefficient (Wildman–Crippen LogP) is 15.6. The predicted molar refractivity (Wildman–Crippen MR) is 364 cm³/mol. The Kier molecular flexibility index (Phi) is 55.3. The van der Waals surface area contributed by atoms with Crippen LogP contribution in [0.15, 0.2) is 60.8 Å². The molecule has 0 aromatic carbocycles. The Morgan fingerprint density at radius 1 is 0.404 bits per heavy atom. The number of carbonyl (C=O) groups is 1. The topological polar surface area (TPSA) is 228 Å². The Labute approximate surface area is 543 Å². The van der Waals surface area contributed by atoms with Gasteiger partial charge >= 0.3 is 0 Å². The van der Waals surface area contributed by atoms with Crippen molar-refractivity contribution < 1.29 is 64.6 Å². The molecule has 0 aliphatic carbocycles. The third-order valence-corrected chi connectivity index (χ3v) is 17.9. The highest BCUT2D eigenvalue weighted by Gasteiger charge is 2.51. The summed E-state index contributed by atoms with van der Waals surface area (Å²) >= 11 is 0.